The number of carbonyl (C=O) groups is 2. The normalized spacial score (nSPS) is 25.6. The minimum atomic E-state index is -0.173. The number of carbonyl (C=O) groups excluding carboxylic acids is 2. The van der Waals surface area contributed by atoms with Gasteiger partial charge in [0, 0.05) is 43.3 Å². The highest BCUT2D eigenvalue weighted by Gasteiger charge is 2.51. The molecule has 2 saturated heterocycles. The Morgan fingerprint density at radius 2 is 1.32 bits per heavy atom. The number of hydrogen-bond acceptors (Lipinski definition) is 4. The molecule has 2 amide bonds. The highest BCUT2D eigenvalue weighted by Crippen LogP contribution is 2.41. The fraction of sp³-hybridized carbons (Fsp3) is 0.548. The first-order chi connectivity index (χ1) is 17.6. The Labute approximate surface area is 221 Å². The molecule has 6 nitrogen and oxygen atoms in total. The van der Waals surface area contributed by atoms with E-state index in [0.29, 0.717) is 19.5 Å². The van der Waals surface area contributed by atoms with Crippen LogP contribution < -0.4 is 10.6 Å². The van der Waals surface area contributed by atoms with Gasteiger partial charge in [-0.2, -0.15) is 0 Å². The summed E-state index contributed by atoms with van der Waals surface area (Å²) < 4.78 is 0. The van der Waals surface area contributed by atoms with Gasteiger partial charge in [-0.3, -0.25) is 14.5 Å². The molecule has 5 rings (SSSR count). The fourth-order valence-electron chi connectivity index (χ4n) is 6.81. The number of nitrogens with one attached hydrogen (secondary N) is 2. The molecule has 2 N–H and O–H groups in total. The zero-order valence-corrected chi connectivity index (χ0v) is 22.7. The Kier molecular flexibility index (Phi) is 7.16. The lowest BCUT2D eigenvalue weighted by atomic mass is 9.79. The minimum absolute atomic E-state index is 0.0184. The maximum Gasteiger partial charge on any atom is 0.226 e. The number of benzene rings is 2. The van der Waals surface area contributed by atoms with E-state index in [4.69, 9.17) is 0 Å². The van der Waals surface area contributed by atoms with Crippen LogP contribution in [-0.4, -0.2) is 64.9 Å². The molecular formula is C31H42N4O2. The van der Waals surface area contributed by atoms with E-state index in [1.54, 1.807) is 0 Å². The van der Waals surface area contributed by atoms with Crippen LogP contribution in [0.5, 0.6) is 0 Å². The number of amides is 2. The van der Waals surface area contributed by atoms with E-state index in [9.17, 15) is 9.59 Å². The van der Waals surface area contributed by atoms with Gasteiger partial charge in [-0.15, -0.1) is 0 Å². The minimum Gasteiger partial charge on any atom is -0.353 e. The zero-order chi connectivity index (χ0) is 26.2. The summed E-state index contributed by atoms with van der Waals surface area (Å²) in [4.78, 5) is 30.8. The van der Waals surface area contributed by atoms with Crippen LogP contribution in [0.4, 0.5) is 0 Å². The standard InChI is InChI=1S/C31H42N4O2/c1-30(2)20-24(21-31(3,4)33-30)32-28(36)25-19-26(25)29(37)35-17-15-34(16-18-35)27(22-11-7-5-8-12-22)23-13-9-6-10-14-23/h5-14,24-27,33H,15-21H2,1-4H3,(H,32,36)/t25-,26-/m0/s1. The van der Waals surface area contributed by atoms with Crippen molar-refractivity contribution in [3.8, 4) is 0 Å². The van der Waals surface area contributed by atoms with E-state index in [2.05, 4.69) is 104 Å². The van der Waals surface area contributed by atoms with Crippen LogP contribution in [0.2, 0.25) is 0 Å². The van der Waals surface area contributed by atoms with Crippen LogP contribution in [0.3, 0.4) is 0 Å². The fourth-order valence-corrected chi connectivity index (χ4v) is 6.81. The zero-order valence-electron chi connectivity index (χ0n) is 22.7. The summed E-state index contributed by atoms with van der Waals surface area (Å²) in [6, 6.07) is 21.5. The van der Waals surface area contributed by atoms with Crippen molar-refractivity contribution < 1.29 is 9.59 Å². The topological polar surface area (TPSA) is 64.7 Å². The number of hydrogen-bond donors (Lipinski definition) is 2. The van der Waals surface area contributed by atoms with Gasteiger partial charge in [0.2, 0.25) is 11.8 Å². The Morgan fingerprint density at radius 3 is 1.84 bits per heavy atom. The van der Waals surface area contributed by atoms with Gasteiger partial charge < -0.3 is 15.5 Å². The summed E-state index contributed by atoms with van der Waals surface area (Å²) in [6.07, 6.45) is 2.48. The molecule has 0 radical (unpaired) electrons. The second kappa shape index (κ2) is 10.2. The predicted molar refractivity (Wildman–Crippen MR) is 147 cm³/mol. The lowest BCUT2D eigenvalue weighted by Crippen LogP contribution is -2.62. The summed E-state index contributed by atoms with van der Waals surface area (Å²) >= 11 is 0. The monoisotopic (exact) mass is 502 g/mol. The molecule has 2 aliphatic heterocycles. The Hall–Kier alpha value is -2.70. The van der Waals surface area contributed by atoms with E-state index in [1.165, 1.54) is 11.1 Å². The molecule has 1 aliphatic carbocycles. The molecule has 0 aromatic heterocycles. The first-order valence-corrected chi connectivity index (χ1v) is 13.8. The molecule has 6 heteroatoms. The second-order valence-corrected chi connectivity index (χ2v) is 12.5. The molecule has 0 bridgehead atoms. The van der Waals surface area contributed by atoms with Crippen molar-refractivity contribution in [3.05, 3.63) is 71.8 Å². The summed E-state index contributed by atoms with van der Waals surface area (Å²) in [5.41, 5.74) is 2.51. The van der Waals surface area contributed by atoms with Crippen LogP contribution in [0.15, 0.2) is 60.7 Å². The molecule has 37 heavy (non-hydrogen) atoms. The molecule has 2 atom stereocenters. The van der Waals surface area contributed by atoms with E-state index in [0.717, 1.165) is 25.9 Å². The molecule has 198 valence electrons. The summed E-state index contributed by atoms with van der Waals surface area (Å²) in [5, 5.41) is 6.95. The van der Waals surface area contributed by atoms with Crippen LogP contribution >= 0.6 is 0 Å². The van der Waals surface area contributed by atoms with Crippen LogP contribution in [-0.2, 0) is 9.59 Å². The van der Waals surface area contributed by atoms with Crippen molar-refractivity contribution >= 4 is 11.8 Å². The van der Waals surface area contributed by atoms with Gasteiger partial charge in [0.1, 0.15) is 0 Å². The van der Waals surface area contributed by atoms with E-state index in [-0.39, 0.29) is 46.8 Å². The summed E-state index contributed by atoms with van der Waals surface area (Å²) in [5.74, 6) is -0.119. The highest BCUT2D eigenvalue weighted by atomic mass is 16.2. The first-order valence-electron chi connectivity index (χ1n) is 13.8. The van der Waals surface area contributed by atoms with Crippen molar-refractivity contribution in [2.24, 2.45) is 11.8 Å². The van der Waals surface area contributed by atoms with Gasteiger partial charge >= 0.3 is 0 Å². The largest absolute Gasteiger partial charge is 0.353 e. The lowest BCUT2D eigenvalue weighted by molar-refractivity contribution is -0.136. The van der Waals surface area contributed by atoms with Crippen LogP contribution in [0.1, 0.15) is 64.1 Å². The quantitative estimate of drug-likeness (QED) is 0.627. The third-order valence-corrected chi connectivity index (χ3v) is 8.20. The van der Waals surface area contributed by atoms with Gasteiger partial charge in [0.15, 0.2) is 0 Å². The van der Waals surface area contributed by atoms with Gasteiger partial charge in [-0.1, -0.05) is 60.7 Å². The SMILES string of the molecule is CC1(C)CC(NC(=O)[C@H]2C[C@@H]2C(=O)N2CCN(C(c3ccccc3)c3ccccc3)CC2)CC(C)(C)N1. The number of piperidine rings is 1. The Balaban J connectivity index is 1.16. The van der Waals surface area contributed by atoms with Crippen molar-refractivity contribution in [2.75, 3.05) is 26.2 Å². The lowest BCUT2D eigenvalue weighted by Gasteiger charge is -2.46. The molecule has 1 saturated carbocycles. The molecule has 2 aromatic rings. The number of nitrogens with zero attached hydrogens (tertiary/aromatic N) is 2. The smallest absolute Gasteiger partial charge is 0.226 e. The summed E-state index contributed by atoms with van der Waals surface area (Å²) in [6.45, 7) is 11.8. The van der Waals surface area contributed by atoms with Gasteiger partial charge in [0.05, 0.1) is 17.9 Å². The van der Waals surface area contributed by atoms with Gasteiger partial charge in [0.25, 0.3) is 0 Å². The number of piperazine rings is 1. The average Bonchev–Trinajstić information content (AvgIpc) is 3.65. The van der Waals surface area contributed by atoms with E-state index in [1.807, 2.05) is 4.90 Å². The van der Waals surface area contributed by atoms with E-state index >= 15 is 0 Å². The second-order valence-electron chi connectivity index (χ2n) is 12.5. The molecular weight excluding hydrogens is 460 g/mol. The van der Waals surface area contributed by atoms with Crippen molar-refractivity contribution in [1.82, 2.24) is 20.4 Å². The van der Waals surface area contributed by atoms with Crippen LogP contribution in [0.25, 0.3) is 0 Å². The maximum atomic E-state index is 13.3. The maximum absolute atomic E-state index is 13.3. The third kappa shape index (κ3) is 6.07. The molecule has 2 heterocycles. The van der Waals surface area contributed by atoms with Gasteiger partial charge in [-0.25, -0.2) is 0 Å². The van der Waals surface area contributed by atoms with E-state index < -0.39 is 0 Å². The van der Waals surface area contributed by atoms with Gasteiger partial charge in [-0.05, 0) is 58.1 Å². The summed E-state index contributed by atoms with van der Waals surface area (Å²) in [7, 11) is 0. The highest BCUT2D eigenvalue weighted by molar-refractivity contribution is 5.92. The van der Waals surface area contributed by atoms with Crippen molar-refractivity contribution in [1.29, 1.82) is 0 Å². The molecule has 2 aromatic carbocycles. The molecule has 3 aliphatic rings. The van der Waals surface area contributed by atoms with Crippen molar-refractivity contribution in [2.45, 2.75) is 70.1 Å². The molecule has 0 unspecified atom stereocenters. The predicted octanol–water partition coefficient (Wildman–Crippen LogP) is 3.98. The molecule has 0 spiro atoms. The van der Waals surface area contributed by atoms with Crippen LogP contribution in [0, 0.1) is 11.8 Å². The third-order valence-electron chi connectivity index (χ3n) is 8.20. The Bertz CT molecular complexity index is 1040. The first kappa shape index (κ1) is 25.9. The average molecular weight is 503 g/mol. The van der Waals surface area contributed by atoms with Crippen molar-refractivity contribution in [3.63, 3.8) is 0 Å². The molecule has 3 fully saturated rings. The number of rotatable bonds is 6. The Morgan fingerprint density at radius 1 is 0.811 bits per heavy atom.